The Morgan fingerprint density at radius 1 is 1.56 bits per heavy atom. The van der Waals surface area contributed by atoms with Gasteiger partial charge in [0.1, 0.15) is 5.02 Å². The maximum absolute atomic E-state index is 12.1. The van der Waals surface area contributed by atoms with Gasteiger partial charge in [0.05, 0.1) is 11.9 Å². The molecule has 0 saturated carbocycles. The van der Waals surface area contributed by atoms with Gasteiger partial charge in [-0.3, -0.25) is 4.79 Å². The highest BCUT2D eigenvalue weighted by molar-refractivity contribution is 6.33. The molecule has 0 amide bonds. The van der Waals surface area contributed by atoms with Gasteiger partial charge in [0.2, 0.25) is 0 Å². The fourth-order valence-corrected chi connectivity index (χ4v) is 2.02. The molecule has 1 aromatic rings. The third-order valence-electron chi connectivity index (χ3n) is 2.63. The van der Waals surface area contributed by atoms with Gasteiger partial charge in [-0.15, -0.1) is 0 Å². The first-order valence-electron chi connectivity index (χ1n) is 6.21. The van der Waals surface area contributed by atoms with Gasteiger partial charge in [0.25, 0.3) is 5.56 Å². The summed E-state index contributed by atoms with van der Waals surface area (Å²) >= 11 is 6.14. The molecule has 0 fully saturated rings. The summed E-state index contributed by atoms with van der Waals surface area (Å²) in [7, 11) is 0. The number of anilines is 1. The van der Waals surface area contributed by atoms with Crippen molar-refractivity contribution in [3.63, 3.8) is 0 Å². The van der Waals surface area contributed by atoms with Crippen molar-refractivity contribution in [1.29, 1.82) is 0 Å². The number of aromatic nitrogens is 2. The van der Waals surface area contributed by atoms with Crippen molar-refractivity contribution in [3.8, 4) is 0 Å². The van der Waals surface area contributed by atoms with E-state index < -0.39 is 0 Å². The van der Waals surface area contributed by atoms with E-state index in [1.165, 1.54) is 4.68 Å². The second-order valence-electron chi connectivity index (χ2n) is 4.59. The number of nitrogens with zero attached hydrogens (tertiary/aromatic N) is 3. The van der Waals surface area contributed by atoms with E-state index in [2.05, 4.69) is 5.10 Å². The Hall–Kier alpha value is -1.07. The van der Waals surface area contributed by atoms with E-state index in [9.17, 15) is 4.79 Å². The van der Waals surface area contributed by atoms with Gasteiger partial charge in [-0.1, -0.05) is 25.4 Å². The van der Waals surface area contributed by atoms with Crippen LogP contribution in [-0.4, -0.2) is 29.4 Å². The normalized spacial score (nSPS) is 11.0. The van der Waals surface area contributed by atoms with Crippen molar-refractivity contribution in [2.45, 2.75) is 27.3 Å². The molecule has 0 aliphatic heterocycles. The van der Waals surface area contributed by atoms with Crippen molar-refractivity contribution >= 4 is 17.3 Å². The molecule has 0 aliphatic carbocycles. The summed E-state index contributed by atoms with van der Waals surface area (Å²) in [6, 6.07) is 0. The van der Waals surface area contributed by atoms with Crippen LogP contribution in [0.1, 0.15) is 20.8 Å². The molecule has 0 spiro atoms. The molecule has 2 N–H and O–H groups in total. The Morgan fingerprint density at radius 3 is 2.72 bits per heavy atom. The van der Waals surface area contributed by atoms with Crippen molar-refractivity contribution in [2.75, 3.05) is 24.5 Å². The molecule has 0 aliphatic rings. The molecule has 1 heterocycles. The van der Waals surface area contributed by atoms with E-state index in [1.807, 2.05) is 25.7 Å². The predicted molar refractivity (Wildman–Crippen MR) is 75.3 cm³/mol. The van der Waals surface area contributed by atoms with Crippen LogP contribution < -0.4 is 16.2 Å². The minimum Gasteiger partial charge on any atom is -0.368 e. The summed E-state index contributed by atoms with van der Waals surface area (Å²) in [5.41, 5.74) is 5.96. The van der Waals surface area contributed by atoms with Gasteiger partial charge in [0.15, 0.2) is 0 Å². The Morgan fingerprint density at radius 2 is 2.22 bits per heavy atom. The molecule has 0 aromatic carbocycles. The lowest BCUT2D eigenvalue weighted by Crippen LogP contribution is -2.33. The fourth-order valence-electron chi connectivity index (χ4n) is 1.76. The zero-order valence-corrected chi connectivity index (χ0v) is 11.9. The van der Waals surface area contributed by atoms with Gasteiger partial charge < -0.3 is 10.6 Å². The average Bonchev–Trinajstić information content (AvgIpc) is 2.32. The van der Waals surface area contributed by atoms with Crippen molar-refractivity contribution in [2.24, 2.45) is 11.7 Å². The number of likely N-dealkylation sites (N-methyl/N-ethyl adjacent to an activating group) is 1. The zero-order valence-electron chi connectivity index (χ0n) is 11.2. The summed E-state index contributed by atoms with van der Waals surface area (Å²) in [6.07, 6.45) is 1.64. The lowest BCUT2D eigenvalue weighted by atomic mass is 10.2. The van der Waals surface area contributed by atoms with Gasteiger partial charge in [0, 0.05) is 26.2 Å². The molecule has 0 atom stereocenters. The fraction of sp³-hybridized carbons (Fsp3) is 0.667. The van der Waals surface area contributed by atoms with Gasteiger partial charge in [-0.2, -0.15) is 5.10 Å². The number of halogens is 1. The molecule has 0 bridgehead atoms. The number of hydrogen-bond acceptors (Lipinski definition) is 4. The molecule has 0 saturated heterocycles. The third kappa shape index (κ3) is 3.46. The van der Waals surface area contributed by atoms with Crippen LogP contribution in [0.5, 0.6) is 0 Å². The number of hydrogen-bond donors (Lipinski definition) is 1. The van der Waals surface area contributed by atoms with Crippen molar-refractivity contribution < 1.29 is 0 Å². The summed E-state index contributed by atoms with van der Waals surface area (Å²) in [6.45, 7) is 8.54. The molecule has 18 heavy (non-hydrogen) atoms. The van der Waals surface area contributed by atoms with Crippen LogP contribution in [0.15, 0.2) is 11.0 Å². The summed E-state index contributed by atoms with van der Waals surface area (Å²) in [4.78, 5) is 14.0. The van der Waals surface area contributed by atoms with Crippen LogP contribution in [0.4, 0.5) is 5.69 Å². The first-order valence-corrected chi connectivity index (χ1v) is 6.59. The Labute approximate surface area is 113 Å². The highest BCUT2D eigenvalue weighted by Crippen LogP contribution is 2.20. The maximum Gasteiger partial charge on any atom is 0.287 e. The number of nitrogens with two attached hydrogens (primary N) is 1. The lowest BCUT2D eigenvalue weighted by Gasteiger charge is -2.23. The van der Waals surface area contributed by atoms with E-state index in [-0.39, 0.29) is 10.6 Å². The average molecular weight is 273 g/mol. The lowest BCUT2D eigenvalue weighted by molar-refractivity contribution is 0.463. The summed E-state index contributed by atoms with van der Waals surface area (Å²) in [5, 5.41) is 4.39. The first kappa shape index (κ1) is 15.0. The van der Waals surface area contributed by atoms with E-state index in [0.717, 1.165) is 6.54 Å². The summed E-state index contributed by atoms with van der Waals surface area (Å²) in [5.74, 6) is 0.350. The quantitative estimate of drug-likeness (QED) is 0.849. The highest BCUT2D eigenvalue weighted by atomic mass is 35.5. The Kier molecular flexibility index (Phi) is 5.62. The van der Waals surface area contributed by atoms with Gasteiger partial charge in [-0.05, 0) is 12.8 Å². The second-order valence-corrected chi connectivity index (χ2v) is 4.97. The molecule has 1 rings (SSSR count). The Bertz CT molecular complexity index is 444. The van der Waals surface area contributed by atoms with Crippen LogP contribution >= 0.6 is 11.6 Å². The van der Waals surface area contributed by atoms with Crippen LogP contribution in [0.25, 0.3) is 0 Å². The largest absolute Gasteiger partial charge is 0.368 e. The Balaban J connectivity index is 3.10. The maximum atomic E-state index is 12.1. The monoisotopic (exact) mass is 272 g/mol. The van der Waals surface area contributed by atoms with Gasteiger partial charge in [-0.25, -0.2) is 4.68 Å². The topological polar surface area (TPSA) is 64.2 Å². The first-order chi connectivity index (χ1) is 8.51. The SMILES string of the molecule is CCN(CCN)c1cnn(CC(C)C)c(=O)c1Cl. The number of rotatable bonds is 6. The summed E-state index contributed by atoms with van der Waals surface area (Å²) < 4.78 is 1.41. The van der Waals surface area contributed by atoms with E-state index in [4.69, 9.17) is 17.3 Å². The van der Waals surface area contributed by atoms with E-state index in [0.29, 0.717) is 31.2 Å². The van der Waals surface area contributed by atoms with E-state index in [1.54, 1.807) is 6.20 Å². The van der Waals surface area contributed by atoms with Crippen molar-refractivity contribution in [3.05, 3.63) is 21.6 Å². The molecule has 0 unspecified atom stereocenters. The van der Waals surface area contributed by atoms with E-state index >= 15 is 0 Å². The molecular weight excluding hydrogens is 252 g/mol. The third-order valence-corrected chi connectivity index (χ3v) is 2.98. The minimum atomic E-state index is -0.238. The van der Waals surface area contributed by atoms with Crippen LogP contribution in [0, 0.1) is 5.92 Å². The van der Waals surface area contributed by atoms with Gasteiger partial charge >= 0.3 is 0 Å². The molecule has 102 valence electrons. The van der Waals surface area contributed by atoms with Crippen LogP contribution in [0.3, 0.4) is 0 Å². The molecule has 5 nitrogen and oxygen atoms in total. The zero-order chi connectivity index (χ0) is 13.7. The van der Waals surface area contributed by atoms with Crippen LogP contribution in [0.2, 0.25) is 5.02 Å². The standard InChI is InChI=1S/C12H21ClN4O/c1-4-16(6-5-14)10-7-15-17(8-9(2)3)12(18)11(10)13/h7,9H,4-6,8,14H2,1-3H3. The van der Waals surface area contributed by atoms with Crippen molar-refractivity contribution in [1.82, 2.24) is 9.78 Å². The van der Waals surface area contributed by atoms with Crippen LogP contribution in [-0.2, 0) is 6.54 Å². The predicted octanol–water partition coefficient (Wildman–Crippen LogP) is 1.34. The second kappa shape index (κ2) is 6.75. The smallest absolute Gasteiger partial charge is 0.287 e. The highest BCUT2D eigenvalue weighted by Gasteiger charge is 2.14. The minimum absolute atomic E-state index is 0.223. The molecule has 1 aromatic heterocycles. The molecule has 6 heteroatoms. The molecular formula is C12H21ClN4O. The molecule has 0 radical (unpaired) electrons.